The Bertz CT molecular complexity index is 1340. The van der Waals surface area contributed by atoms with Crippen molar-refractivity contribution >= 4 is 46.4 Å². The third-order valence-corrected chi connectivity index (χ3v) is 8.38. The predicted molar refractivity (Wildman–Crippen MR) is 124 cm³/mol. The van der Waals surface area contributed by atoms with Crippen LogP contribution < -0.4 is 10.2 Å². The van der Waals surface area contributed by atoms with Crippen molar-refractivity contribution in [2.75, 3.05) is 16.8 Å². The van der Waals surface area contributed by atoms with Crippen molar-refractivity contribution in [2.45, 2.75) is 38.3 Å². The normalized spacial score (nSPS) is 29.6. The Labute approximate surface area is 199 Å². The minimum absolute atomic E-state index is 0.0593. The summed E-state index contributed by atoms with van der Waals surface area (Å²) in [6.45, 7) is 4.52. The summed E-state index contributed by atoms with van der Waals surface area (Å²) in [7, 11) is 0. The van der Waals surface area contributed by atoms with E-state index in [-0.39, 0.29) is 28.3 Å². The number of hydrogen-bond donors (Lipinski definition) is 1. The molecule has 1 N–H and O–H groups in total. The molecule has 34 heavy (non-hydrogen) atoms. The fourth-order valence-electron chi connectivity index (χ4n) is 6.55. The van der Waals surface area contributed by atoms with Crippen molar-refractivity contribution < 1.29 is 19.3 Å². The molecule has 4 atom stereocenters. The predicted octanol–water partition coefficient (Wildman–Crippen LogP) is 3.30. The number of nitrogens with zero attached hydrogens (tertiary/aromatic N) is 3. The number of non-ortho nitro benzene ring substituents is 1. The van der Waals surface area contributed by atoms with E-state index in [2.05, 4.69) is 10.2 Å². The van der Waals surface area contributed by atoms with Crippen molar-refractivity contribution in [1.29, 1.82) is 0 Å². The molecular formula is C24H21ClN4O5. The standard InChI is InChI=1S/C24H21ClN4O5/c1-11-5-7-14-20(12(11)2)26-23(32)24(14)19-18(17-4-3-9-27(17)24)21(30)28(22(19)31)16-8-6-13(29(33)34)10-15(16)25/h5-8,10,17-19H,3-4,9H2,1-2H3,(H,26,32)/t17-,18+,19-,24-/m0/s1. The van der Waals surface area contributed by atoms with Crippen LogP contribution in [0.1, 0.15) is 29.5 Å². The molecule has 2 aromatic rings. The number of halogens is 1. The van der Waals surface area contributed by atoms with Gasteiger partial charge in [0.2, 0.25) is 17.7 Å². The molecule has 4 aliphatic heterocycles. The highest BCUT2D eigenvalue weighted by Gasteiger charge is 2.74. The van der Waals surface area contributed by atoms with E-state index in [0.717, 1.165) is 34.1 Å². The fourth-order valence-corrected chi connectivity index (χ4v) is 6.81. The van der Waals surface area contributed by atoms with Crippen molar-refractivity contribution in [3.63, 3.8) is 0 Å². The van der Waals surface area contributed by atoms with Crippen LogP contribution in [0.4, 0.5) is 17.1 Å². The second-order valence-electron chi connectivity index (χ2n) is 9.46. The SMILES string of the molecule is Cc1ccc2c(c1C)NC(=O)[C@@]21[C@@H]2C(=O)N(c3ccc([N+](=O)[O-])cc3Cl)C(=O)[C@@H]2[C@@H]2CCCN21. The maximum Gasteiger partial charge on any atom is 0.271 e. The third-order valence-electron chi connectivity index (χ3n) is 8.08. The summed E-state index contributed by atoms with van der Waals surface area (Å²) in [5.74, 6) is -2.79. The van der Waals surface area contributed by atoms with Gasteiger partial charge in [-0.2, -0.15) is 0 Å². The largest absolute Gasteiger partial charge is 0.324 e. The summed E-state index contributed by atoms with van der Waals surface area (Å²) in [5.41, 5.74) is 2.01. The van der Waals surface area contributed by atoms with Gasteiger partial charge < -0.3 is 5.32 Å². The average Bonchev–Trinajstić information content (AvgIpc) is 3.50. The molecule has 174 valence electrons. The van der Waals surface area contributed by atoms with Gasteiger partial charge in [-0.25, -0.2) is 4.90 Å². The summed E-state index contributed by atoms with van der Waals surface area (Å²) in [5, 5.41) is 14.1. The van der Waals surface area contributed by atoms with E-state index >= 15 is 0 Å². The summed E-state index contributed by atoms with van der Waals surface area (Å²) in [6.07, 6.45) is 1.53. The zero-order chi connectivity index (χ0) is 24.1. The van der Waals surface area contributed by atoms with Gasteiger partial charge in [-0.3, -0.25) is 29.4 Å². The van der Waals surface area contributed by atoms with E-state index in [9.17, 15) is 24.5 Å². The van der Waals surface area contributed by atoms with Gasteiger partial charge >= 0.3 is 0 Å². The number of benzene rings is 2. The molecule has 4 aliphatic rings. The Hall–Kier alpha value is -3.30. The minimum atomic E-state index is -1.27. The van der Waals surface area contributed by atoms with Crippen LogP contribution in [0.15, 0.2) is 30.3 Å². The molecule has 4 heterocycles. The number of aryl methyl sites for hydroxylation is 1. The zero-order valence-corrected chi connectivity index (χ0v) is 19.3. The zero-order valence-electron chi connectivity index (χ0n) is 18.5. The monoisotopic (exact) mass is 480 g/mol. The summed E-state index contributed by atoms with van der Waals surface area (Å²) >= 11 is 6.31. The lowest BCUT2D eigenvalue weighted by Crippen LogP contribution is -2.54. The molecule has 0 radical (unpaired) electrons. The average molecular weight is 481 g/mol. The smallest absolute Gasteiger partial charge is 0.271 e. The van der Waals surface area contributed by atoms with E-state index in [1.165, 1.54) is 12.1 Å². The fraction of sp³-hybridized carbons (Fsp3) is 0.375. The molecule has 9 nitrogen and oxygen atoms in total. The number of nitro groups is 1. The van der Waals surface area contributed by atoms with E-state index in [1.807, 2.05) is 26.0 Å². The number of carbonyl (C=O) groups is 3. The Morgan fingerprint density at radius 2 is 1.91 bits per heavy atom. The lowest BCUT2D eigenvalue weighted by atomic mass is 9.75. The maximum absolute atomic E-state index is 14.0. The van der Waals surface area contributed by atoms with Crippen LogP contribution in [0, 0.1) is 35.8 Å². The minimum Gasteiger partial charge on any atom is -0.324 e. The van der Waals surface area contributed by atoms with E-state index in [4.69, 9.17) is 11.6 Å². The lowest BCUT2D eigenvalue weighted by Gasteiger charge is -2.36. The van der Waals surface area contributed by atoms with Crippen LogP contribution in [0.3, 0.4) is 0 Å². The topological polar surface area (TPSA) is 113 Å². The quantitative estimate of drug-likeness (QED) is 0.401. The summed E-state index contributed by atoms with van der Waals surface area (Å²) < 4.78 is 0. The molecule has 0 unspecified atom stereocenters. The van der Waals surface area contributed by atoms with Crippen LogP contribution in [0.2, 0.25) is 5.02 Å². The van der Waals surface area contributed by atoms with Crippen molar-refractivity contribution in [1.82, 2.24) is 4.90 Å². The second kappa shape index (κ2) is 6.86. The number of imide groups is 1. The molecule has 0 bridgehead atoms. The number of amides is 3. The van der Waals surface area contributed by atoms with Crippen LogP contribution in [0.25, 0.3) is 0 Å². The molecule has 3 fully saturated rings. The van der Waals surface area contributed by atoms with Gasteiger partial charge in [0, 0.05) is 29.4 Å². The van der Waals surface area contributed by atoms with E-state index < -0.39 is 34.1 Å². The first-order valence-electron chi connectivity index (χ1n) is 11.2. The Morgan fingerprint density at radius 1 is 1.15 bits per heavy atom. The van der Waals surface area contributed by atoms with Crippen LogP contribution in [-0.2, 0) is 19.9 Å². The molecule has 1 spiro atoms. The molecule has 6 rings (SSSR count). The van der Waals surface area contributed by atoms with Crippen molar-refractivity contribution in [3.8, 4) is 0 Å². The van der Waals surface area contributed by atoms with Gasteiger partial charge in [0.25, 0.3) is 5.69 Å². The van der Waals surface area contributed by atoms with Gasteiger partial charge in [0.15, 0.2) is 0 Å². The first-order chi connectivity index (χ1) is 16.2. The van der Waals surface area contributed by atoms with Crippen LogP contribution in [0.5, 0.6) is 0 Å². The molecule has 0 aromatic heterocycles. The highest BCUT2D eigenvalue weighted by atomic mass is 35.5. The summed E-state index contributed by atoms with van der Waals surface area (Å²) in [4.78, 5) is 55.1. The van der Waals surface area contributed by atoms with E-state index in [1.54, 1.807) is 0 Å². The Morgan fingerprint density at radius 3 is 2.62 bits per heavy atom. The molecule has 3 saturated heterocycles. The molecular weight excluding hydrogens is 460 g/mol. The molecule has 10 heteroatoms. The Balaban J connectivity index is 1.54. The molecule has 0 aliphatic carbocycles. The number of carbonyl (C=O) groups excluding carboxylic acids is 3. The van der Waals surface area contributed by atoms with Crippen LogP contribution in [-0.4, -0.2) is 40.1 Å². The highest BCUT2D eigenvalue weighted by Crippen LogP contribution is 2.61. The number of fused-ring (bicyclic) bond motifs is 7. The van der Waals surface area contributed by atoms with Gasteiger partial charge in [0.1, 0.15) is 5.54 Å². The molecule has 3 amide bonds. The van der Waals surface area contributed by atoms with Gasteiger partial charge in [-0.1, -0.05) is 23.7 Å². The number of hydrogen-bond acceptors (Lipinski definition) is 6. The highest BCUT2D eigenvalue weighted by molar-refractivity contribution is 6.36. The van der Waals surface area contributed by atoms with E-state index in [0.29, 0.717) is 18.7 Å². The molecule has 2 aromatic carbocycles. The van der Waals surface area contributed by atoms with Gasteiger partial charge in [-0.05, 0) is 50.4 Å². The number of anilines is 2. The van der Waals surface area contributed by atoms with Gasteiger partial charge in [-0.15, -0.1) is 0 Å². The Kier molecular flexibility index (Phi) is 4.29. The van der Waals surface area contributed by atoms with Gasteiger partial charge in [0.05, 0.1) is 27.5 Å². The van der Waals surface area contributed by atoms with Crippen molar-refractivity contribution in [2.24, 2.45) is 11.8 Å². The first-order valence-corrected chi connectivity index (χ1v) is 11.6. The number of rotatable bonds is 2. The first kappa shape index (κ1) is 21.2. The lowest BCUT2D eigenvalue weighted by molar-refractivity contribution is -0.384. The number of nitrogens with one attached hydrogen (secondary N) is 1. The second-order valence-corrected chi connectivity index (χ2v) is 9.87. The summed E-state index contributed by atoms with van der Waals surface area (Å²) in [6, 6.07) is 7.27. The molecule has 0 saturated carbocycles. The maximum atomic E-state index is 14.0. The van der Waals surface area contributed by atoms with Crippen LogP contribution >= 0.6 is 11.6 Å². The number of nitro benzene ring substituents is 1. The third kappa shape index (κ3) is 2.35. The van der Waals surface area contributed by atoms with Crippen molar-refractivity contribution in [3.05, 3.63) is 62.2 Å².